The van der Waals surface area contributed by atoms with Crippen molar-refractivity contribution >= 4 is 23.9 Å². The normalized spacial score (nSPS) is 10.1. The van der Waals surface area contributed by atoms with Crippen molar-refractivity contribution in [2.24, 2.45) is 5.41 Å². The minimum Gasteiger partial charge on any atom is -0.481 e. The molecule has 0 bridgehead atoms. The Bertz CT molecular complexity index is 720. The number of hydrogen-bond donors (Lipinski definition) is 8. The zero-order valence-electron chi connectivity index (χ0n) is 21.7. The van der Waals surface area contributed by atoms with E-state index in [1.54, 1.807) is 13.8 Å². The number of rotatable bonds is 13. The van der Waals surface area contributed by atoms with E-state index >= 15 is 0 Å². The lowest BCUT2D eigenvalue weighted by molar-refractivity contribution is -0.139. The molecule has 12 heteroatoms. The number of unbranched alkanes of at least 4 members (excludes halogenated alkanes) is 3. The molecule has 8 N–H and O–H groups in total. The number of benzene rings is 1. The summed E-state index contributed by atoms with van der Waals surface area (Å²) in [5, 5.41) is 66.9. The van der Waals surface area contributed by atoms with Gasteiger partial charge in [0.05, 0.1) is 24.3 Å². The summed E-state index contributed by atoms with van der Waals surface area (Å²) in [6.45, 7) is 5.77. The first-order valence-electron chi connectivity index (χ1n) is 11.7. The summed E-state index contributed by atoms with van der Waals surface area (Å²) in [4.78, 5) is 40.7. The van der Waals surface area contributed by atoms with Crippen LogP contribution in [0.1, 0.15) is 92.9 Å². The van der Waals surface area contributed by atoms with Crippen LogP contribution in [0.4, 0.5) is 0 Å². The van der Waals surface area contributed by atoms with Gasteiger partial charge in [0.15, 0.2) is 6.29 Å². The molecule has 0 radical (unpaired) electrons. The van der Waals surface area contributed by atoms with Gasteiger partial charge in [-0.2, -0.15) is 0 Å². The summed E-state index contributed by atoms with van der Waals surface area (Å²) in [6, 6.07) is 5.48. The number of aromatic carboxylic acids is 2. The van der Waals surface area contributed by atoms with E-state index in [1.165, 1.54) is 24.3 Å². The topological polar surface area (TPSA) is 230 Å². The predicted molar refractivity (Wildman–Crippen MR) is 134 cm³/mol. The van der Waals surface area contributed by atoms with Crippen LogP contribution in [0, 0.1) is 5.41 Å². The molecule has 0 amide bonds. The van der Waals surface area contributed by atoms with Gasteiger partial charge >= 0.3 is 23.9 Å². The summed E-state index contributed by atoms with van der Waals surface area (Å²) >= 11 is 0. The number of aliphatic carboxylic acids is 2. The maximum atomic E-state index is 10.5. The Labute approximate surface area is 216 Å². The Morgan fingerprint density at radius 1 is 0.730 bits per heavy atom. The van der Waals surface area contributed by atoms with Gasteiger partial charge in [-0.25, -0.2) is 9.59 Å². The fourth-order valence-electron chi connectivity index (χ4n) is 2.04. The van der Waals surface area contributed by atoms with Crippen LogP contribution in [0.25, 0.3) is 0 Å². The van der Waals surface area contributed by atoms with E-state index in [0.29, 0.717) is 19.3 Å². The molecule has 1 aromatic rings. The van der Waals surface area contributed by atoms with E-state index in [1.807, 2.05) is 0 Å². The maximum Gasteiger partial charge on any atom is 0.336 e. The van der Waals surface area contributed by atoms with E-state index in [9.17, 15) is 19.2 Å². The molecule has 0 aliphatic heterocycles. The Morgan fingerprint density at radius 2 is 1.11 bits per heavy atom. The number of hydrogen-bond acceptors (Lipinski definition) is 8. The molecule has 1 aromatic carbocycles. The Morgan fingerprint density at radius 3 is 1.32 bits per heavy atom. The molecule has 0 aliphatic carbocycles. The molecule has 0 atom stereocenters. The van der Waals surface area contributed by atoms with Gasteiger partial charge < -0.3 is 40.9 Å². The van der Waals surface area contributed by atoms with Crippen LogP contribution < -0.4 is 0 Å². The molecule has 0 spiro atoms. The van der Waals surface area contributed by atoms with Crippen molar-refractivity contribution in [2.45, 2.75) is 78.4 Å². The fraction of sp³-hybridized carbons (Fsp3) is 0.600. The van der Waals surface area contributed by atoms with Crippen molar-refractivity contribution in [2.75, 3.05) is 13.2 Å². The molecule has 0 aromatic heterocycles. The van der Waals surface area contributed by atoms with E-state index in [-0.39, 0.29) is 42.6 Å². The molecule has 214 valence electrons. The molecule has 0 saturated carbocycles. The van der Waals surface area contributed by atoms with Crippen LogP contribution in [0.2, 0.25) is 0 Å². The van der Waals surface area contributed by atoms with Gasteiger partial charge in [0.25, 0.3) is 0 Å². The van der Waals surface area contributed by atoms with Crippen molar-refractivity contribution in [1.29, 1.82) is 0 Å². The van der Waals surface area contributed by atoms with Crippen LogP contribution in [0.5, 0.6) is 0 Å². The van der Waals surface area contributed by atoms with E-state index in [2.05, 4.69) is 6.92 Å². The third kappa shape index (κ3) is 27.4. The smallest absolute Gasteiger partial charge is 0.336 e. The Hall–Kier alpha value is -3.06. The predicted octanol–water partition coefficient (Wildman–Crippen LogP) is 2.67. The van der Waals surface area contributed by atoms with E-state index in [4.69, 9.17) is 40.9 Å². The van der Waals surface area contributed by atoms with Crippen LogP contribution in [0.3, 0.4) is 0 Å². The zero-order valence-corrected chi connectivity index (χ0v) is 21.7. The van der Waals surface area contributed by atoms with Gasteiger partial charge in [0.2, 0.25) is 0 Å². The average molecular weight is 535 g/mol. The highest BCUT2D eigenvalue weighted by Crippen LogP contribution is 2.10. The third-order valence-corrected chi connectivity index (χ3v) is 4.34. The van der Waals surface area contributed by atoms with Crippen LogP contribution >= 0.6 is 0 Å². The summed E-state index contributed by atoms with van der Waals surface area (Å²) in [5.41, 5.74) is -0.685. The van der Waals surface area contributed by atoms with Crippen molar-refractivity contribution in [3.8, 4) is 0 Å². The second-order valence-corrected chi connectivity index (χ2v) is 8.61. The number of carbonyl (C=O) groups is 4. The summed E-state index contributed by atoms with van der Waals surface area (Å²) in [6.07, 6.45) is 3.59. The number of carboxylic acids is 4. The molecule has 0 heterocycles. The van der Waals surface area contributed by atoms with Gasteiger partial charge in [-0.3, -0.25) is 9.59 Å². The Kier molecular flexibility index (Phi) is 24.3. The first-order valence-corrected chi connectivity index (χ1v) is 11.7. The van der Waals surface area contributed by atoms with Crippen molar-refractivity contribution in [3.05, 3.63) is 35.4 Å². The molecule has 37 heavy (non-hydrogen) atoms. The first-order chi connectivity index (χ1) is 17.1. The SMILES string of the molecule is CC(C)(CO)CO.CCCCCC(O)O.O=C(O)CCCCC(=O)O.O=C(O)c1ccccc1C(=O)O. The van der Waals surface area contributed by atoms with Crippen molar-refractivity contribution in [1.82, 2.24) is 0 Å². The van der Waals surface area contributed by atoms with Crippen LogP contribution in [-0.2, 0) is 9.59 Å². The molecule has 0 fully saturated rings. The van der Waals surface area contributed by atoms with Gasteiger partial charge in [-0.1, -0.05) is 45.7 Å². The second-order valence-electron chi connectivity index (χ2n) is 8.61. The fourth-order valence-corrected chi connectivity index (χ4v) is 2.04. The third-order valence-electron chi connectivity index (χ3n) is 4.34. The lowest BCUT2D eigenvalue weighted by Gasteiger charge is -2.16. The van der Waals surface area contributed by atoms with Gasteiger partial charge in [0.1, 0.15) is 0 Å². The molecular formula is C25H42O12. The molecule has 12 nitrogen and oxygen atoms in total. The molecule has 0 saturated heterocycles. The molecular weight excluding hydrogens is 492 g/mol. The first kappa shape index (κ1) is 38.5. The monoisotopic (exact) mass is 534 g/mol. The number of carboxylic acid groups (broad SMARTS) is 4. The summed E-state index contributed by atoms with van der Waals surface area (Å²) in [7, 11) is 0. The second kappa shape index (κ2) is 23.3. The number of aliphatic hydroxyl groups is 4. The maximum absolute atomic E-state index is 10.5. The van der Waals surface area contributed by atoms with Gasteiger partial charge in [-0.15, -0.1) is 0 Å². The molecule has 0 aliphatic rings. The molecule has 1 rings (SSSR count). The minimum absolute atomic E-state index is 0.0451. The quantitative estimate of drug-likeness (QED) is 0.135. The van der Waals surface area contributed by atoms with E-state index in [0.717, 1.165) is 19.3 Å². The number of aliphatic hydroxyl groups excluding tert-OH is 3. The largest absolute Gasteiger partial charge is 0.481 e. The van der Waals surface area contributed by atoms with Crippen LogP contribution in [-0.4, -0.2) is 84.2 Å². The average Bonchev–Trinajstić information content (AvgIpc) is 2.83. The summed E-state index contributed by atoms with van der Waals surface area (Å²) in [5.74, 6) is -4.20. The standard InChI is InChI=1S/C8H6O4.C6H10O4.C6H14O2.C5H12O2/c9-7(10)5-3-1-2-4-6(5)8(11)12;7-5(8)3-1-2-4-6(9)10;1-2-3-4-5-6(7)8;1-5(2,3-6)4-7/h1-4H,(H,9,10)(H,11,12);1-4H2,(H,7,8)(H,9,10);6-8H,2-5H2,1H3;6-7H,3-4H2,1-2H3. The van der Waals surface area contributed by atoms with Crippen LogP contribution in [0.15, 0.2) is 24.3 Å². The van der Waals surface area contributed by atoms with Crippen molar-refractivity contribution < 1.29 is 60.0 Å². The van der Waals surface area contributed by atoms with Gasteiger partial charge in [0, 0.05) is 18.3 Å². The highest BCUT2D eigenvalue weighted by molar-refractivity contribution is 6.01. The molecule has 0 unspecified atom stereocenters. The van der Waals surface area contributed by atoms with Gasteiger partial charge in [-0.05, 0) is 37.8 Å². The lowest BCUT2D eigenvalue weighted by Crippen LogP contribution is -2.20. The minimum atomic E-state index is -1.23. The summed E-state index contributed by atoms with van der Waals surface area (Å²) < 4.78 is 0. The lowest BCUT2D eigenvalue weighted by atomic mass is 9.97. The highest BCUT2D eigenvalue weighted by atomic mass is 16.5. The zero-order chi connectivity index (χ0) is 29.4. The Balaban J connectivity index is -0.000000427. The van der Waals surface area contributed by atoms with Crippen molar-refractivity contribution in [3.63, 3.8) is 0 Å². The van der Waals surface area contributed by atoms with E-state index < -0.39 is 30.2 Å². The highest BCUT2D eigenvalue weighted by Gasteiger charge is 2.14.